The molecule has 2 saturated heterocycles. The molecular weight excluding hydrogens is 240 g/mol. The molecule has 0 spiro atoms. The van der Waals surface area contributed by atoms with E-state index in [1.165, 1.54) is 0 Å². The number of nitrogens with zero attached hydrogens (tertiary/aromatic N) is 1. The predicted molar refractivity (Wildman–Crippen MR) is 74.5 cm³/mol. The van der Waals surface area contributed by atoms with Crippen molar-refractivity contribution in [3.05, 3.63) is 0 Å². The summed E-state index contributed by atoms with van der Waals surface area (Å²) >= 11 is 0. The van der Waals surface area contributed by atoms with E-state index < -0.39 is 5.41 Å². The second-order valence-corrected chi connectivity index (χ2v) is 6.20. The summed E-state index contributed by atoms with van der Waals surface area (Å²) in [7, 11) is 0. The van der Waals surface area contributed by atoms with Crippen molar-refractivity contribution in [1.29, 1.82) is 0 Å². The fourth-order valence-corrected chi connectivity index (χ4v) is 3.38. The Hall–Kier alpha value is -0.900. The number of likely N-dealkylation sites (tertiary alicyclic amines) is 1. The molecular formula is C15H26N2O2. The van der Waals surface area contributed by atoms with E-state index in [9.17, 15) is 9.59 Å². The first-order valence-electron chi connectivity index (χ1n) is 7.59. The van der Waals surface area contributed by atoms with Crippen molar-refractivity contribution in [2.45, 2.75) is 46.5 Å². The maximum Gasteiger partial charge on any atom is 0.235 e. The van der Waals surface area contributed by atoms with Gasteiger partial charge in [0.25, 0.3) is 0 Å². The van der Waals surface area contributed by atoms with Gasteiger partial charge in [-0.05, 0) is 44.2 Å². The standard InChI is InChI=1S/C15H26N2O2/c1-4-15(5-2)8-13(18)17(14(15)19)10-12-9-16-7-6-11(12)3/h11-12,16H,4-10H2,1-3H3. The first kappa shape index (κ1) is 14.5. The Morgan fingerprint density at radius 2 is 2.00 bits per heavy atom. The zero-order chi connectivity index (χ0) is 14.0. The highest BCUT2D eigenvalue weighted by atomic mass is 16.2. The van der Waals surface area contributed by atoms with Gasteiger partial charge in [-0.15, -0.1) is 0 Å². The van der Waals surface area contributed by atoms with Crippen LogP contribution in [0.1, 0.15) is 46.5 Å². The molecule has 19 heavy (non-hydrogen) atoms. The third-order valence-corrected chi connectivity index (χ3v) is 5.25. The molecule has 0 saturated carbocycles. The van der Waals surface area contributed by atoms with Crippen molar-refractivity contribution in [1.82, 2.24) is 10.2 Å². The van der Waals surface area contributed by atoms with Crippen LogP contribution in [0.15, 0.2) is 0 Å². The van der Waals surface area contributed by atoms with Crippen LogP contribution in [0.2, 0.25) is 0 Å². The highest BCUT2D eigenvalue weighted by molar-refractivity contribution is 6.05. The van der Waals surface area contributed by atoms with Gasteiger partial charge in [0, 0.05) is 13.0 Å². The average molecular weight is 266 g/mol. The van der Waals surface area contributed by atoms with Gasteiger partial charge in [0.2, 0.25) is 11.8 Å². The van der Waals surface area contributed by atoms with E-state index in [2.05, 4.69) is 12.2 Å². The van der Waals surface area contributed by atoms with Gasteiger partial charge in [-0.2, -0.15) is 0 Å². The Morgan fingerprint density at radius 1 is 1.32 bits per heavy atom. The SMILES string of the molecule is CCC1(CC)CC(=O)N(CC2CNCCC2C)C1=O. The van der Waals surface area contributed by atoms with Crippen LogP contribution in [-0.4, -0.2) is 36.3 Å². The number of piperidine rings is 1. The highest BCUT2D eigenvalue weighted by Gasteiger charge is 2.49. The fraction of sp³-hybridized carbons (Fsp3) is 0.867. The van der Waals surface area contributed by atoms with E-state index >= 15 is 0 Å². The molecule has 0 aromatic rings. The fourth-order valence-electron chi connectivity index (χ4n) is 3.38. The van der Waals surface area contributed by atoms with Crippen LogP contribution in [0.5, 0.6) is 0 Å². The molecule has 2 aliphatic rings. The van der Waals surface area contributed by atoms with Crippen LogP contribution in [0.25, 0.3) is 0 Å². The third-order valence-electron chi connectivity index (χ3n) is 5.25. The van der Waals surface area contributed by atoms with Gasteiger partial charge in [0.15, 0.2) is 0 Å². The molecule has 2 aliphatic heterocycles. The zero-order valence-corrected chi connectivity index (χ0v) is 12.4. The van der Waals surface area contributed by atoms with Gasteiger partial charge in [0.1, 0.15) is 0 Å². The molecule has 1 N–H and O–H groups in total. The van der Waals surface area contributed by atoms with E-state index in [0.717, 1.165) is 32.4 Å². The number of nitrogens with one attached hydrogen (secondary N) is 1. The number of hydrogen-bond acceptors (Lipinski definition) is 3. The number of imide groups is 1. The Labute approximate surface area is 115 Å². The lowest BCUT2D eigenvalue weighted by molar-refractivity contribution is -0.142. The lowest BCUT2D eigenvalue weighted by Crippen LogP contribution is -2.45. The van der Waals surface area contributed by atoms with Gasteiger partial charge in [-0.25, -0.2) is 0 Å². The zero-order valence-electron chi connectivity index (χ0n) is 12.4. The number of carbonyl (C=O) groups excluding carboxylic acids is 2. The quantitative estimate of drug-likeness (QED) is 0.789. The minimum absolute atomic E-state index is 0.0338. The monoisotopic (exact) mass is 266 g/mol. The average Bonchev–Trinajstić information content (AvgIpc) is 2.66. The van der Waals surface area contributed by atoms with Crippen molar-refractivity contribution in [2.75, 3.05) is 19.6 Å². The second kappa shape index (κ2) is 5.61. The van der Waals surface area contributed by atoms with Gasteiger partial charge in [-0.3, -0.25) is 14.5 Å². The molecule has 0 aliphatic carbocycles. The summed E-state index contributed by atoms with van der Waals surface area (Å²) in [4.78, 5) is 26.3. The van der Waals surface area contributed by atoms with Gasteiger partial charge < -0.3 is 5.32 Å². The van der Waals surface area contributed by atoms with Crippen molar-refractivity contribution in [2.24, 2.45) is 17.3 Å². The largest absolute Gasteiger partial charge is 0.316 e. The van der Waals surface area contributed by atoms with Gasteiger partial charge in [0.05, 0.1) is 5.41 Å². The molecule has 4 nitrogen and oxygen atoms in total. The lowest BCUT2D eigenvalue weighted by atomic mass is 9.81. The molecule has 2 unspecified atom stereocenters. The number of rotatable bonds is 4. The molecule has 2 atom stereocenters. The summed E-state index contributed by atoms with van der Waals surface area (Å²) < 4.78 is 0. The van der Waals surface area contributed by atoms with Crippen molar-refractivity contribution in [3.8, 4) is 0 Å². The summed E-state index contributed by atoms with van der Waals surface area (Å²) in [5.74, 6) is 1.10. The third kappa shape index (κ3) is 2.55. The first-order valence-corrected chi connectivity index (χ1v) is 7.59. The van der Waals surface area contributed by atoms with E-state index in [1.54, 1.807) is 4.90 Å². The lowest BCUT2D eigenvalue weighted by Gasteiger charge is -2.32. The van der Waals surface area contributed by atoms with E-state index in [0.29, 0.717) is 24.8 Å². The Kier molecular flexibility index (Phi) is 4.29. The van der Waals surface area contributed by atoms with Crippen molar-refractivity contribution >= 4 is 11.8 Å². The minimum Gasteiger partial charge on any atom is -0.316 e. The molecule has 4 heteroatoms. The first-order chi connectivity index (χ1) is 9.04. The Balaban J connectivity index is 2.08. The molecule has 0 bridgehead atoms. The molecule has 2 amide bonds. The van der Waals surface area contributed by atoms with Gasteiger partial charge >= 0.3 is 0 Å². The van der Waals surface area contributed by atoms with Crippen LogP contribution in [0, 0.1) is 17.3 Å². The van der Waals surface area contributed by atoms with Crippen molar-refractivity contribution in [3.63, 3.8) is 0 Å². The normalized spacial score (nSPS) is 31.0. The summed E-state index contributed by atoms with van der Waals surface area (Å²) in [5, 5.41) is 3.37. The maximum atomic E-state index is 12.6. The number of carbonyl (C=O) groups is 2. The van der Waals surface area contributed by atoms with Gasteiger partial charge in [-0.1, -0.05) is 20.8 Å². The summed E-state index contributed by atoms with van der Waals surface area (Å²) in [5.41, 5.74) is -0.414. The summed E-state index contributed by atoms with van der Waals surface area (Å²) in [6.07, 6.45) is 3.08. The molecule has 0 aromatic heterocycles. The van der Waals surface area contributed by atoms with E-state index in [4.69, 9.17) is 0 Å². The number of hydrogen-bond donors (Lipinski definition) is 1. The molecule has 0 radical (unpaired) electrons. The topological polar surface area (TPSA) is 49.4 Å². The van der Waals surface area contributed by atoms with Crippen LogP contribution in [0.4, 0.5) is 0 Å². The Bertz CT molecular complexity index is 363. The number of amides is 2. The van der Waals surface area contributed by atoms with Crippen molar-refractivity contribution < 1.29 is 9.59 Å². The molecule has 0 aromatic carbocycles. The molecule has 108 valence electrons. The maximum absolute atomic E-state index is 12.6. The van der Waals surface area contributed by atoms with Crippen LogP contribution >= 0.6 is 0 Å². The van der Waals surface area contributed by atoms with Crippen LogP contribution < -0.4 is 5.32 Å². The van der Waals surface area contributed by atoms with E-state index in [-0.39, 0.29) is 11.8 Å². The highest BCUT2D eigenvalue weighted by Crippen LogP contribution is 2.39. The molecule has 2 heterocycles. The minimum atomic E-state index is -0.414. The Morgan fingerprint density at radius 3 is 2.53 bits per heavy atom. The smallest absolute Gasteiger partial charge is 0.235 e. The molecule has 2 fully saturated rings. The van der Waals surface area contributed by atoms with Crippen LogP contribution in [0.3, 0.4) is 0 Å². The van der Waals surface area contributed by atoms with Crippen LogP contribution in [-0.2, 0) is 9.59 Å². The van der Waals surface area contributed by atoms with E-state index in [1.807, 2.05) is 13.8 Å². The summed E-state index contributed by atoms with van der Waals surface area (Å²) in [6, 6.07) is 0. The second-order valence-electron chi connectivity index (χ2n) is 6.20. The summed E-state index contributed by atoms with van der Waals surface area (Å²) in [6.45, 7) is 8.83. The predicted octanol–water partition coefficient (Wildman–Crippen LogP) is 1.80. The molecule has 2 rings (SSSR count).